The number of hydrogen-bond donors (Lipinski definition) is 2. The molecule has 1 aromatic rings. The van der Waals surface area contributed by atoms with Gasteiger partial charge in [-0.1, -0.05) is 34.1 Å². The molecular weight excluding hydrogens is 280 g/mol. The normalized spacial score (nSPS) is 11.1. The van der Waals surface area contributed by atoms with Crippen molar-refractivity contribution in [2.45, 2.75) is 32.7 Å². The lowest BCUT2D eigenvalue weighted by Crippen LogP contribution is -2.46. The lowest BCUT2D eigenvalue weighted by molar-refractivity contribution is 0.232. The van der Waals surface area contributed by atoms with Gasteiger partial charge in [-0.25, -0.2) is 4.79 Å². The van der Waals surface area contributed by atoms with Crippen molar-refractivity contribution in [2.75, 3.05) is 6.54 Å². The van der Waals surface area contributed by atoms with Crippen molar-refractivity contribution in [1.82, 2.24) is 10.6 Å². The van der Waals surface area contributed by atoms with Crippen molar-refractivity contribution in [2.24, 2.45) is 0 Å². The predicted octanol–water partition coefficient (Wildman–Crippen LogP) is 3.09. The third-order valence-electron chi connectivity index (χ3n) is 2.13. The van der Waals surface area contributed by atoms with Crippen LogP contribution in [0.5, 0.6) is 0 Å². The van der Waals surface area contributed by atoms with Crippen molar-refractivity contribution in [3.63, 3.8) is 0 Å². The molecule has 0 spiro atoms. The van der Waals surface area contributed by atoms with Gasteiger partial charge in [-0.15, -0.1) is 0 Å². The van der Waals surface area contributed by atoms with E-state index in [1.807, 2.05) is 45.0 Å². The number of rotatable bonds is 3. The zero-order chi connectivity index (χ0) is 12.9. The summed E-state index contributed by atoms with van der Waals surface area (Å²) < 4.78 is 1.08. The molecule has 0 atom stereocenters. The van der Waals surface area contributed by atoms with E-state index in [-0.39, 0.29) is 11.6 Å². The van der Waals surface area contributed by atoms with Crippen molar-refractivity contribution in [1.29, 1.82) is 0 Å². The highest BCUT2D eigenvalue weighted by molar-refractivity contribution is 9.10. The van der Waals surface area contributed by atoms with Crippen molar-refractivity contribution >= 4 is 22.0 Å². The molecule has 1 rings (SSSR count). The highest BCUT2D eigenvalue weighted by Gasteiger charge is 2.12. The molecule has 0 aromatic heterocycles. The average Bonchev–Trinajstić information content (AvgIpc) is 2.18. The molecule has 0 heterocycles. The molecule has 2 N–H and O–H groups in total. The molecule has 0 radical (unpaired) electrons. The number of halogens is 1. The monoisotopic (exact) mass is 298 g/mol. The number of carbonyl (C=O) groups is 1. The van der Waals surface area contributed by atoms with Gasteiger partial charge in [-0.05, 0) is 38.8 Å². The second-order valence-corrected chi connectivity index (χ2v) is 5.83. The molecule has 17 heavy (non-hydrogen) atoms. The minimum atomic E-state index is -0.197. The first kappa shape index (κ1) is 14.0. The summed E-state index contributed by atoms with van der Waals surface area (Å²) in [6, 6.07) is 7.91. The fraction of sp³-hybridized carbons (Fsp3) is 0.462. The van der Waals surface area contributed by atoms with E-state index < -0.39 is 0 Å². The molecule has 0 bridgehead atoms. The summed E-state index contributed by atoms with van der Waals surface area (Å²) in [7, 11) is 0. The van der Waals surface area contributed by atoms with Gasteiger partial charge in [0, 0.05) is 16.6 Å². The van der Waals surface area contributed by atoms with Crippen LogP contribution in [0.4, 0.5) is 4.79 Å². The van der Waals surface area contributed by atoms with Gasteiger partial charge in [0.05, 0.1) is 0 Å². The summed E-state index contributed by atoms with van der Waals surface area (Å²) >= 11 is 3.48. The van der Waals surface area contributed by atoms with E-state index in [4.69, 9.17) is 0 Å². The third kappa shape index (κ3) is 5.73. The molecule has 94 valence electrons. The maximum absolute atomic E-state index is 11.5. The summed E-state index contributed by atoms with van der Waals surface area (Å²) in [5.41, 5.74) is 1.00. The summed E-state index contributed by atoms with van der Waals surface area (Å²) in [6.45, 7) is 6.51. The Labute approximate surface area is 111 Å². The summed E-state index contributed by atoms with van der Waals surface area (Å²) in [5.74, 6) is 0. The van der Waals surface area contributed by atoms with Crippen LogP contribution in [0.25, 0.3) is 0 Å². The maximum atomic E-state index is 11.5. The van der Waals surface area contributed by atoms with Crippen LogP contribution < -0.4 is 10.6 Å². The molecule has 4 heteroatoms. The fourth-order valence-corrected chi connectivity index (χ4v) is 1.88. The molecule has 3 nitrogen and oxygen atoms in total. The van der Waals surface area contributed by atoms with Crippen LogP contribution in [-0.4, -0.2) is 18.1 Å². The zero-order valence-corrected chi connectivity index (χ0v) is 12.1. The molecule has 0 aliphatic rings. The third-order valence-corrected chi connectivity index (χ3v) is 2.90. The van der Waals surface area contributed by atoms with Crippen LogP contribution in [0.3, 0.4) is 0 Å². The Morgan fingerprint density at radius 2 is 1.94 bits per heavy atom. The van der Waals surface area contributed by atoms with E-state index in [0.717, 1.165) is 10.9 Å². The Morgan fingerprint density at radius 3 is 2.53 bits per heavy atom. The molecule has 2 amide bonds. The number of amides is 2. The van der Waals surface area contributed by atoms with E-state index >= 15 is 0 Å². The van der Waals surface area contributed by atoms with Crippen molar-refractivity contribution in [3.05, 3.63) is 34.3 Å². The van der Waals surface area contributed by atoms with Crippen molar-refractivity contribution in [3.8, 4) is 0 Å². The number of benzene rings is 1. The number of carbonyl (C=O) groups excluding carboxylic acids is 1. The second-order valence-electron chi connectivity index (χ2n) is 4.97. The Morgan fingerprint density at radius 1 is 1.29 bits per heavy atom. The van der Waals surface area contributed by atoms with Gasteiger partial charge in [0.15, 0.2) is 0 Å². The topological polar surface area (TPSA) is 41.1 Å². The Kier molecular flexibility index (Phi) is 5.00. The SMILES string of the molecule is CC(C)(C)NC(=O)NCCc1ccccc1Br. The first-order valence-electron chi connectivity index (χ1n) is 5.68. The van der Waals surface area contributed by atoms with Crippen molar-refractivity contribution < 1.29 is 4.79 Å². The number of nitrogens with one attached hydrogen (secondary N) is 2. The van der Waals surface area contributed by atoms with Crippen LogP contribution in [0.2, 0.25) is 0 Å². The van der Waals surface area contributed by atoms with Crippen LogP contribution in [-0.2, 0) is 6.42 Å². The maximum Gasteiger partial charge on any atom is 0.315 e. The highest BCUT2D eigenvalue weighted by Crippen LogP contribution is 2.15. The lowest BCUT2D eigenvalue weighted by atomic mass is 10.1. The zero-order valence-electron chi connectivity index (χ0n) is 10.5. The molecule has 0 saturated heterocycles. The lowest BCUT2D eigenvalue weighted by Gasteiger charge is -2.20. The van der Waals surface area contributed by atoms with Crippen LogP contribution >= 0.6 is 15.9 Å². The van der Waals surface area contributed by atoms with Gasteiger partial charge in [-0.2, -0.15) is 0 Å². The largest absolute Gasteiger partial charge is 0.338 e. The number of hydrogen-bond acceptors (Lipinski definition) is 1. The van der Waals surface area contributed by atoms with Gasteiger partial charge in [0.25, 0.3) is 0 Å². The molecule has 0 fully saturated rings. The van der Waals surface area contributed by atoms with Crippen LogP contribution in [0.15, 0.2) is 28.7 Å². The van der Waals surface area contributed by atoms with Gasteiger partial charge in [0.1, 0.15) is 0 Å². The first-order valence-corrected chi connectivity index (χ1v) is 6.47. The fourth-order valence-electron chi connectivity index (χ4n) is 1.40. The molecule has 0 aliphatic heterocycles. The van der Waals surface area contributed by atoms with E-state index in [1.54, 1.807) is 0 Å². The Hall–Kier alpha value is -1.03. The molecule has 0 saturated carbocycles. The van der Waals surface area contributed by atoms with E-state index in [2.05, 4.69) is 26.6 Å². The minimum Gasteiger partial charge on any atom is -0.338 e. The molecule has 1 aromatic carbocycles. The van der Waals surface area contributed by atoms with Gasteiger partial charge in [0.2, 0.25) is 0 Å². The van der Waals surface area contributed by atoms with Crippen LogP contribution in [0, 0.1) is 0 Å². The Bertz CT molecular complexity index is 385. The predicted molar refractivity (Wildman–Crippen MR) is 74.1 cm³/mol. The van der Waals surface area contributed by atoms with E-state index in [1.165, 1.54) is 5.56 Å². The standard InChI is InChI=1S/C13H19BrN2O/c1-13(2,3)16-12(17)15-9-8-10-6-4-5-7-11(10)14/h4-7H,8-9H2,1-3H3,(H2,15,16,17). The quantitative estimate of drug-likeness (QED) is 0.885. The second kappa shape index (κ2) is 6.05. The average molecular weight is 299 g/mol. The first-order chi connectivity index (χ1) is 7.88. The number of urea groups is 1. The van der Waals surface area contributed by atoms with Gasteiger partial charge >= 0.3 is 6.03 Å². The minimum absolute atomic E-state index is 0.121. The summed E-state index contributed by atoms with van der Waals surface area (Å²) in [4.78, 5) is 11.5. The van der Waals surface area contributed by atoms with Crippen LogP contribution in [0.1, 0.15) is 26.3 Å². The molecule has 0 unspecified atom stereocenters. The van der Waals surface area contributed by atoms with E-state index in [0.29, 0.717) is 6.54 Å². The molecule has 0 aliphatic carbocycles. The summed E-state index contributed by atoms with van der Waals surface area (Å²) in [5, 5.41) is 5.70. The van der Waals surface area contributed by atoms with Gasteiger partial charge in [-0.3, -0.25) is 0 Å². The summed E-state index contributed by atoms with van der Waals surface area (Å²) in [6.07, 6.45) is 0.818. The van der Waals surface area contributed by atoms with Gasteiger partial charge < -0.3 is 10.6 Å². The highest BCUT2D eigenvalue weighted by atomic mass is 79.9. The Balaban J connectivity index is 2.34. The van der Waals surface area contributed by atoms with E-state index in [9.17, 15) is 4.79 Å². The molecular formula is C13H19BrN2O. The smallest absolute Gasteiger partial charge is 0.315 e.